The van der Waals surface area contributed by atoms with Gasteiger partial charge in [0.2, 0.25) is 0 Å². The summed E-state index contributed by atoms with van der Waals surface area (Å²) >= 11 is 1.35. The standard InChI is InChI=1S/C10H9NO2S2/c1-3-4-7-8(13-2)5-6-9-10(7)14-11-15(9)12/h1,5-6,11H,4H2,2H3. The van der Waals surface area contributed by atoms with Crippen molar-refractivity contribution in [2.45, 2.75) is 16.2 Å². The first-order chi connectivity index (χ1) is 7.27. The number of terminal acetylenes is 1. The van der Waals surface area contributed by atoms with E-state index in [1.165, 1.54) is 11.9 Å². The highest BCUT2D eigenvalue weighted by Gasteiger charge is 2.23. The number of ether oxygens (including phenoxy) is 1. The second-order valence-corrected chi connectivity index (χ2v) is 5.16. The van der Waals surface area contributed by atoms with Crippen LogP contribution >= 0.6 is 11.9 Å². The van der Waals surface area contributed by atoms with Crippen LogP contribution in [0.15, 0.2) is 21.9 Å². The summed E-state index contributed by atoms with van der Waals surface area (Å²) in [6, 6.07) is 3.61. The second-order valence-electron chi connectivity index (χ2n) is 2.91. The number of nitrogens with one attached hydrogen (secondary N) is 1. The zero-order chi connectivity index (χ0) is 10.8. The third-order valence-corrected chi connectivity index (χ3v) is 4.58. The van der Waals surface area contributed by atoms with E-state index in [1.807, 2.05) is 0 Å². The third kappa shape index (κ3) is 1.76. The first-order valence-electron chi connectivity index (χ1n) is 4.25. The molecule has 3 nitrogen and oxygen atoms in total. The van der Waals surface area contributed by atoms with Gasteiger partial charge in [-0.2, -0.15) is 4.13 Å². The Morgan fingerprint density at radius 1 is 1.67 bits per heavy atom. The minimum absolute atomic E-state index is 0.484. The molecule has 1 aromatic carbocycles. The maximum atomic E-state index is 11.5. The Morgan fingerprint density at radius 2 is 2.47 bits per heavy atom. The minimum Gasteiger partial charge on any atom is -0.496 e. The van der Waals surface area contributed by atoms with Crippen LogP contribution in [-0.4, -0.2) is 11.3 Å². The highest BCUT2D eigenvalue weighted by atomic mass is 32.2. The highest BCUT2D eigenvalue weighted by molar-refractivity contribution is 8.09. The number of benzene rings is 1. The summed E-state index contributed by atoms with van der Waals surface area (Å²) in [7, 11) is 0.470. The molecule has 1 unspecified atom stereocenters. The van der Waals surface area contributed by atoms with Gasteiger partial charge >= 0.3 is 0 Å². The molecule has 15 heavy (non-hydrogen) atoms. The van der Waals surface area contributed by atoms with Crippen molar-refractivity contribution in [3.63, 3.8) is 0 Å². The van der Waals surface area contributed by atoms with Gasteiger partial charge < -0.3 is 4.74 Å². The van der Waals surface area contributed by atoms with Crippen molar-refractivity contribution in [1.29, 1.82) is 0 Å². The van der Waals surface area contributed by atoms with Gasteiger partial charge in [-0.15, -0.1) is 12.3 Å². The zero-order valence-electron chi connectivity index (χ0n) is 8.07. The van der Waals surface area contributed by atoms with E-state index in [-0.39, 0.29) is 0 Å². The van der Waals surface area contributed by atoms with Crippen molar-refractivity contribution >= 4 is 22.9 Å². The van der Waals surface area contributed by atoms with Crippen LogP contribution < -0.4 is 8.86 Å². The number of methoxy groups -OCH3 is 1. The predicted octanol–water partition coefficient (Wildman–Crippen LogP) is 1.50. The molecule has 0 aliphatic carbocycles. The molecule has 0 radical (unpaired) electrons. The molecule has 0 spiro atoms. The average molecular weight is 239 g/mol. The molecule has 0 bridgehead atoms. The summed E-state index contributed by atoms with van der Waals surface area (Å²) < 4.78 is 19.5. The monoisotopic (exact) mass is 239 g/mol. The van der Waals surface area contributed by atoms with E-state index in [0.717, 1.165) is 21.1 Å². The number of fused-ring (bicyclic) bond motifs is 1. The molecule has 1 N–H and O–H groups in total. The molecule has 1 aliphatic rings. The number of rotatable bonds is 2. The van der Waals surface area contributed by atoms with Crippen molar-refractivity contribution in [2.75, 3.05) is 7.11 Å². The first kappa shape index (κ1) is 10.6. The largest absolute Gasteiger partial charge is 0.496 e. The Bertz CT molecular complexity index is 465. The maximum absolute atomic E-state index is 11.5. The van der Waals surface area contributed by atoms with E-state index < -0.39 is 11.0 Å². The molecule has 1 atom stereocenters. The van der Waals surface area contributed by atoms with E-state index in [2.05, 4.69) is 10.0 Å². The summed E-state index contributed by atoms with van der Waals surface area (Å²) in [5.74, 6) is 3.33. The summed E-state index contributed by atoms with van der Waals surface area (Å²) in [5.41, 5.74) is 0.931. The minimum atomic E-state index is -1.13. The summed E-state index contributed by atoms with van der Waals surface area (Å²) in [5, 5.41) is 0. The molecule has 2 rings (SSSR count). The highest BCUT2D eigenvalue weighted by Crippen LogP contribution is 2.38. The average Bonchev–Trinajstić information content (AvgIpc) is 2.62. The molecular formula is C10H9NO2S2. The van der Waals surface area contributed by atoms with E-state index >= 15 is 0 Å². The van der Waals surface area contributed by atoms with Crippen LogP contribution in [0, 0.1) is 12.3 Å². The third-order valence-electron chi connectivity index (χ3n) is 2.10. The Hall–Kier alpha value is -0.960. The molecule has 0 amide bonds. The molecule has 1 heterocycles. The lowest BCUT2D eigenvalue weighted by atomic mass is 10.1. The molecule has 0 fully saturated rings. The van der Waals surface area contributed by atoms with E-state index in [4.69, 9.17) is 11.2 Å². The van der Waals surface area contributed by atoms with E-state index in [1.54, 1.807) is 19.2 Å². The van der Waals surface area contributed by atoms with Crippen LogP contribution in [-0.2, 0) is 17.4 Å². The van der Waals surface area contributed by atoms with Crippen LogP contribution in [0.2, 0.25) is 0 Å². The maximum Gasteiger partial charge on any atom is 0.136 e. The van der Waals surface area contributed by atoms with Crippen LogP contribution in [0.3, 0.4) is 0 Å². The molecule has 0 saturated carbocycles. The Labute approximate surface area is 95.3 Å². The lowest BCUT2D eigenvalue weighted by Crippen LogP contribution is -1.99. The van der Waals surface area contributed by atoms with Gasteiger partial charge in [0.15, 0.2) is 0 Å². The fraction of sp³-hybridized carbons (Fsp3) is 0.200. The second kappa shape index (κ2) is 4.27. The Kier molecular flexibility index (Phi) is 3.00. The molecule has 1 aromatic rings. The molecule has 0 saturated heterocycles. The van der Waals surface area contributed by atoms with Gasteiger partial charge in [0.05, 0.1) is 12.0 Å². The Morgan fingerprint density at radius 3 is 3.13 bits per heavy atom. The first-order valence-corrected chi connectivity index (χ1v) is 6.22. The van der Waals surface area contributed by atoms with E-state index in [9.17, 15) is 4.21 Å². The normalized spacial score (nSPS) is 18.3. The molecule has 78 valence electrons. The van der Waals surface area contributed by atoms with Crippen LogP contribution in [0.4, 0.5) is 0 Å². The zero-order valence-corrected chi connectivity index (χ0v) is 9.71. The van der Waals surface area contributed by atoms with Gasteiger partial charge in [-0.05, 0) is 24.1 Å². The van der Waals surface area contributed by atoms with Crippen molar-refractivity contribution in [2.24, 2.45) is 0 Å². The fourth-order valence-electron chi connectivity index (χ4n) is 1.43. The molecule has 5 heteroatoms. The molecule has 1 aliphatic heterocycles. The van der Waals surface area contributed by atoms with Crippen molar-refractivity contribution in [1.82, 2.24) is 4.13 Å². The van der Waals surface area contributed by atoms with Gasteiger partial charge in [-0.25, -0.2) is 4.21 Å². The van der Waals surface area contributed by atoms with E-state index in [0.29, 0.717) is 6.42 Å². The summed E-state index contributed by atoms with van der Waals surface area (Å²) in [6.07, 6.45) is 5.79. The van der Waals surface area contributed by atoms with Gasteiger partial charge in [0.25, 0.3) is 0 Å². The smallest absolute Gasteiger partial charge is 0.136 e. The SMILES string of the molecule is C#CCc1c(OC)ccc2c1SNS2=O. The predicted molar refractivity (Wildman–Crippen MR) is 60.9 cm³/mol. The fourth-order valence-corrected chi connectivity index (χ4v) is 3.73. The summed E-state index contributed by atoms with van der Waals surface area (Å²) in [4.78, 5) is 1.72. The van der Waals surface area contributed by atoms with Gasteiger partial charge in [-0.3, -0.25) is 0 Å². The van der Waals surface area contributed by atoms with Gasteiger partial charge in [0, 0.05) is 16.9 Å². The van der Waals surface area contributed by atoms with Crippen molar-refractivity contribution < 1.29 is 8.95 Å². The molecule has 0 aromatic heterocycles. The lowest BCUT2D eigenvalue weighted by molar-refractivity contribution is 0.408. The number of hydrogen-bond acceptors (Lipinski definition) is 3. The van der Waals surface area contributed by atoms with Crippen molar-refractivity contribution in [3.05, 3.63) is 17.7 Å². The quantitative estimate of drug-likeness (QED) is 0.628. The van der Waals surface area contributed by atoms with Crippen LogP contribution in [0.5, 0.6) is 5.75 Å². The van der Waals surface area contributed by atoms with Gasteiger partial charge in [0.1, 0.15) is 16.7 Å². The lowest BCUT2D eigenvalue weighted by Gasteiger charge is -2.08. The molecular weight excluding hydrogens is 230 g/mol. The van der Waals surface area contributed by atoms with Crippen LogP contribution in [0.1, 0.15) is 5.56 Å². The number of hydrogen-bond donors (Lipinski definition) is 1. The van der Waals surface area contributed by atoms with Gasteiger partial charge in [-0.1, -0.05) is 0 Å². The summed E-state index contributed by atoms with van der Waals surface area (Å²) in [6.45, 7) is 0. The van der Waals surface area contributed by atoms with Crippen molar-refractivity contribution in [3.8, 4) is 18.1 Å². The Balaban J connectivity index is 2.58. The van der Waals surface area contributed by atoms with Crippen LogP contribution in [0.25, 0.3) is 0 Å². The topological polar surface area (TPSA) is 38.3 Å².